The summed E-state index contributed by atoms with van der Waals surface area (Å²) >= 11 is 0. The maximum Gasteiger partial charge on any atom is 0.270 e. The molecule has 0 atom stereocenters. The standard InChI is InChI=1S/C15H25N5O3/c1-12-11-13(19-15(18-12)17-4-8-22-2)14(21)16-3-5-20-6-9-23-10-7-20/h11H,3-10H2,1-2H3,(H,16,21)(H,17,18,19). The van der Waals surface area contributed by atoms with E-state index in [9.17, 15) is 4.79 Å². The molecule has 0 bridgehead atoms. The molecule has 0 radical (unpaired) electrons. The van der Waals surface area contributed by atoms with Crippen LogP contribution in [0.3, 0.4) is 0 Å². The van der Waals surface area contributed by atoms with Crippen LogP contribution in [0.25, 0.3) is 0 Å². The molecule has 0 unspecified atom stereocenters. The summed E-state index contributed by atoms with van der Waals surface area (Å²) < 4.78 is 10.3. The van der Waals surface area contributed by atoms with Crippen LogP contribution in [0, 0.1) is 6.92 Å². The number of carbonyl (C=O) groups excluding carboxylic acids is 1. The number of rotatable bonds is 8. The van der Waals surface area contributed by atoms with Gasteiger partial charge in [-0.25, -0.2) is 9.97 Å². The van der Waals surface area contributed by atoms with Crippen molar-refractivity contribution in [3.63, 3.8) is 0 Å². The molecule has 23 heavy (non-hydrogen) atoms. The van der Waals surface area contributed by atoms with E-state index < -0.39 is 0 Å². The van der Waals surface area contributed by atoms with Crippen LogP contribution in [-0.2, 0) is 9.47 Å². The Balaban J connectivity index is 1.82. The predicted molar refractivity (Wildman–Crippen MR) is 86.7 cm³/mol. The Morgan fingerprint density at radius 3 is 2.87 bits per heavy atom. The fraction of sp³-hybridized carbons (Fsp3) is 0.667. The van der Waals surface area contributed by atoms with Gasteiger partial charge in [-0.05, 0) is 13.0 Å². The number of carbonyl (C=O) groups is 1. The molecule has 2 heterocycles. The van der Waals surface area contributed by atoms with Crippen LogP contribution < -0.4 is 10.6 Å². The highest BCUT2D eigenvalue weighted by atomic mass is 16.5. The predicted octanol–water partition coefficient (Wildman–Crippen LogP) is -0.0947. The maximum atomic E-state index is 12.2. The number of nitrogens with zero attached hydrogens (tertiary/aromatic N) is 3. The molecule has 0 saturated carbocycles. The molecule has 0 aromatic carbocycles. The van der Waals surface area contributed by atoms with Crippen molar-refractivity contribution in [1.82, 2.24) is 20.2 Å². The van der Waals surface area contributed by atoms with Gasteiger partial charge in [0.05, 0.1) is 19.8 Å². The molecular weight excluding hydrogens is 298 g/mol. The van der Waals surface area contributed by atoms with Gasteiger partial charge in [-0.2, -0.15) is 0 Å². The highest BCUT2D eigenvalue weighted by Gasteiger charge is 2.13. The van der Waals surface area contributed by atoms with E-state index in [0.29, 0.717) is 31.3 Å². The van der Waals surface area contributed by atoms with Gasteiger partial charge < -0.3 is 20.1 Å². The van der Waals surface area contributed by atoms with Crippen molar-refractivity contribution in [3.8, 4) is 0 Å². The zero-order valence-electron chi connectivity index (χ0n) is 13.8. The molecule has 1 aliphatic heterocycles. The normalized spacial score (nSPS) is 15.4. The van der Waals surface area contributed by atoms with E-state index in [0.717, 1.165) is 38.5 Å². The topological polar surface area (TPSA) is 88.6 Å². The molecule has 128 valence electrons. The van der Waals surface area contributed by atoms with Crippen LogP contribution in [0.15, 0.2) is 6.07 Å². The molecule has 1 aliphatic rings. The summed E-state index contributed by atoms with van der Waals surface area (Å²) in [5.74, 6) is 0.263. The number of ether oxygens (including phenoxy) is 2. The molecule has 0 spiro atoms. The van der Waals surface area contributed by atoms with Crippen LogP contribution in [0.5, 0.6) is 0 Å². The van der Waals surface area contributed by atoms with E-state index in [1.807, 2.05) is 6.92 Å². The van der Waals surface area contributed by atoms with Gasteiger partial charge in [0.15, 0.2) is 0 Å². The first-order valence-electron chi connectivity index (χ1n) is 7.86. The minimum atomic E-state index is -0.182. The minimum Gasteiger partial charge on any atom is -0.383 e. The lowest BCUT2D eigenvalue weighted by molar-refractivity contribution is 0.0383. The minimum absolute atomic E-state index is 0.182. The van der Waals surface area contributed by atoms with Gasteiger partial charge in [0, 0.05) is 45.5 Å². The van der Waals surface area contributed by atoms with E-state index in [1.54, 1.807) is 13.2 Å². The number of hydrogen-bond donors (Lipinski definition) is 2. The summed E-state index contributed by atoms with van der Waals surface area (Å²) in [5.41, 5.74) is 1.12. The Hall–Kier alpha value is -1.77. The van der Waals surface area contributed by atoms with E-state index >= 15 is 0 Å². The number of morpholine rings is 1. The van der Waals surface area contributed by atoms with Crippen molar-refractivity contribution >= 4 is 11.9 Å². The second-order valence-electron chi connectivity index (χ2n) is 5.35. The largest absolute Gasteiger partial charge is 0.383 e. The molecule has 1 aromatic heterocycles. The lowest BCUT2D eigenvalue weighted by Gasteiger charge is -2.26. The number of aromatic nitrogens is 2. The first-order valence-corrected chi connectivity index (χ1v) is 7.86. The average molecular weight is 323 g/mol. The van der Waals surface area contributed by atoms with Gasteiger partial charge in [-0.3, -0.25) is 9.69 Å². The summed E-state index contributed by atoms with van der Waals surface area (Å²) in [4.78, 5) is 23.0. The molecule has 8 heteroatoms. The number of anilines is 1. The Morgan fingerprint density at radius 1 is 1.35 bits per heavy atom. The Morgan fingerprint density at radius 2 is 2.13 bits per heavy atom. The number of nitrogens with one attached hydrogen (secondary N) is 2. The summed E-state index contributed by atoms with van der Waals surface area (Å²) in [7, 11) is 1.63. The quantitative estimate of drug-likeness (QED) is 0.646. The molecule has 1 amide bonds. The van der Waals surface area contributed by atoms with Gasteiger partial charge >= 0.3 is 0 Å². The fourth-order valence-corrected chi connectivity index (χ4v) is 2.27. The smallest absolute Gasteiger partial charge is 0.270 e. The molecule has 1 fully saturated rings. The van der Waals surface area contributed by atoms with Crippen molar-refractivity contribution in [2.24, 2.45) is 0 Å². The zero-order chi connectivity index (χ0) is 16.5. The van der Waals surface area contributed by atoms with Gasteiger partial charge in [-0.15, -0.1) is 0 Å². The number of hydrogen-bond acceptors (Lipinski definition) is 7. The maximum absolute atomic E-state index is 12.2. The van der Waals surface area contributed by atoms with E-state index in [4.69, 9.17) is 9.47 Å². The molecule has 8 nitrogen and oxygen atoms in total. The summed E-state index contributed by atoms with van der Waals surface area (Å²) in [6, 6.07) is 1.69. The molecule has 1 saturated heterocycles. The first kappa shape index (κ1) is 17.6. The van der Waals surface area contributed by atoms with Crippen LogP contribution in [0.2, 0.25) is 0 Å². The number of aryl methyl sites for hydroxylation is 1. The molecule has 2 rings (SSSR count). The second-order valence-corrected chi connectivity index (χ2v) is 5.35. The summed E-state index contributed by atoms with van der Waals surface area (Å²) in [5, 5.41) is 5.94. The third-order valence-corrected chi connectivity index (χ3v) is 3.49. The van der Waals surface area contributed by atoms with Crippen LogP contribution in [0.1, 0.15) is 16.2 Å². The third kappa shape index (κ3) is 6.09. The Labute approximate surface area is 136 Å². The lowest BCUT2D eigenvalue weighted by Crippen LogP contribution is -2.41. The first-order chi connectivity index (χ1) is 11.2. The third-order valence-electron chi connectivity index (χ3n) is 3.49. The van der Waals surface area contributed by atoms with Crippen molar-refractivity contribution < 1.29 is 14.3 Å². The van der Waals surface area contributed by atoms with E-state index in [2.05, 4.69) is 25.5 Å². The summed E-state index contributed by atoms with van der Waals surface area (Å²) in [6.07, 6.45) is 0. The van der Waals surface area contributed by atoms with E-state index in [1.165, 1.54) is 0 Å². The van der Waals surface area contributed by atoms with Gasteiger partial charge in [0.2, 0.25) is 5.95 Å². The van der Waals surface area contributed by atoms with E-state index in [-0.39, 0.29) is 5.91 Å². The van der Waals surface area contributed by atoms with Gasteiger partial charge in [-0.1, -0.05) is 0 Å². The number of amides is 1. The van der Waals surface area contributed by atoms with Crippen molar-refractivity contribution in [3.05, 3.63) is 17.5 Å². The second kappa shape index (κ2) is 9.39. The van der Waals surface area contributed by atoms with Crippen LogP contribution in [0.4, 0.5) is 5.95 Å². The molecule has 0 aliphatic carbocycles. The number of methoxy groups -OCH3 is 1. The summed E-state index contributed by atoms with van der Waals surface area (Å²) in [6.45, 7) is 7.74. The molecule has 2 N–H and O–H groups in total. The molecular formula is C15H25N5O3. The monoisotopic (exact) mass is 323 g/mol. The van der Waals surface area contributed by atoms with Crippen LogP contribution in [-0.4, -0.2) is 80.4 Å². The van der Waals surface area contributed by atoms with Crippen molar-refractivity contribution in [2.75, 3.05) is 65.0 Å². The van der Waals surface area contributed by atoms with Crippen LogP contribution >= 0.6 is 0 Å². The highest BCUT2D eigenvalue weighted by molar-refractivity contribution is 5.92. The Bertz CT molecular complexity index is 506. The molecule has 1 aromatic rings. The van der Waals surface area contributed by atoms with Crippen molar-refractivity contribution in [1.29, 1.82) is 0 Å². The lowest BCUT2D eigenvalue weighted by atomic mass is 10.3. The average Bonchev–Trinajstić information content (AvgIpc) is 2.55. The SMILES string of the molecule is COCCNc1nc(C)cc(C(=O)NCCN2CCOCC2)n1. The van der Waals surface area contributed by atoms with Crippen molar-refractivity contribution in [2.45, 2.75) is 6.92 Å². The van der Waals surface area contributed by atoms with Gasteiger partial charge in [0.1, 0.15) is 5.69 Å². The zero-order valence-corrected chi connectivity index (χ0v) is 13.8. The van der Waals surface area contributed by atoms with Gasteiger partial charge in [0.25, 0.3) is 5.91 Å². The Kier molecular flexibility index (Phi) is 7.18. The fourth-order valence-electron chi connectivity index (χ4n) is 2.27. The highest BCUT2D eigenvalue weighted by Crippen LogP contribution is 2.05.